The number of nitrogens with one attached hydrogen (secondary N) is 1. The van der Waals surface area contributed by atoms with Crippen LogP contribution in [0.1, 0.15) is 60.7 Å². The quantitative estimate of drug-likeness (QED) is 0.780. The predicted molar refractivity (Wildman–Crippen MR) is 107 cm³/mol. The molecule has 0 aliphatic heterocycles. The van der Waals surface area contributed by atoms with E-state index in [4.69, 9.17) is 0 Å². The highest BCUT2D eigenvalue weighted by molar-refractivity contribution is 6.03. The van der Waals surface area contributed by atoms with Gasteiger partial charge in [-0.1, -0.05) is 45.0 Å². The highest BCUT2D eigenvalue weighted by Crippen LogP contribution is 2.25. The van der Waals surface area contributed by atoms with Gasteiger partial charge in [-0.25, -0.2) is 0 Å². The van der Waals surface area contributed by atoms with Crippen molar-refractivity contribution in [2.45, 2.75) is 45.4 Å². The number of benzene rings is 2. The fourth-order valence-electron chi connectivity index (χ4n) is 3.17. The number of Topliss-reactive ketones (excluding diaryl/α,β-unsaturated/α-hetero) is 1. The highest BCUT2D eigenvalue weighted by atomic mass is 16.1. The molecule has 0 heterocycles. The Labute approximate surface area is 155 Å². The molecule has 0 saturated heterocycles. The SMILES string of the molecule is CC(C)(C)c1ccc(C=CC(=O)Nc2ccc3c(c2)CCCC3=O)cc1. The molecule has 2 aromatic rings. The average molecular weight is 347 g/mol. The van der Waals surface area contributed by atoms with Gasteiger partial charge >= 0.3 is 0 Å². The number of anilines is 1. The molecule has 0 spiro atoms. The molecule has 1 aliphatic rings. The van der Waals surface area contributed by atoms with Crippen molar-refractivity contribution in [2.75, 3.05) is 5.32 Å². The number of amides is 1. The van der Waals surface area contributed by atoms with Crippen LogP contribution < -0.4 is 5.32 Å². The number of aryl methyl sites for hydroxylation is 1. The van der Waals surface area contributed by atoms with Crippen molar-refractivity contribution in [1.82, 2.24) is 0 Å². The van der Waals surface area contributed by atoms with Crippen LogP contribution >= 0.6 is 0 Å². The zero-order valence-corrected chi connectivity index (χ0v) is 15.6. The number of hydrogen-bond acceptors (Lipinski definition) is 2. The van der Waals surface area contributed by atoms with Gasteiger partial charge in [0, 0.05) is 23.7 Å². The molecule has 0 unspecified atom stereocenters. The second-order valence-corrected chi connectivity index (χ2v) is 7.84. The minimum absolute atomic E-state index is 0.119. The number of carbonyl (C=O) groups is 2. The average Bonchev–Trinajstić information content (AvgIpc) is 2.60. The van der Waals surface area contributed by atoms with Crippen LogP contribution in [0.2, 0.25) is 0 Å². The minimum atomic E-state index is -0.174. The van der Waals surface area contributed by atoms with Crippen molar-refractivity contribution in [1.29, 1.82) is 0 Å². The van der Waals surface area contributed by atoms with E-state index < -0.39 is 0 Å². The first kappa shape index (κ1) is 18.1. The van der Waals surface area contributed by atoms with Gasteiger partial charge in [-0.3, -0.25) is 9.59 Å². The fourth-order valence-corrected chi connectivity index (χ4v) is 3.17. The van der Waals surface area contributed by atoms with Crippen LogP contribution in [-0.4, -0.2) is 11.7 Å². The predicted octanol–water partition coefficient (Wildman–Crippen LogP) is 5.16. The van der Waals surface area contributed by atoms with Gasteiger partial charge in [0.05, 0.1) is 0 Å². The molecule has 1 aliphatic carbocycles. The first-order valence-electron chi connectivity index (χ1n) is 9.09. The molecule has 0 aromatic heterocycles. The van der Waals surface area contributed by atoms with Crippen LogP contribution in [-0.2, 0) is 16.6 Å². The summed E-state index contributed by atoms with van der Waals surface area (Å²) in [6, 6.07) is 13.8. The lowest BCUT2D eigenvalue weighted by atomic mass is 9.87. The summed E-state index contributed by atoms with van der Waals surface area (Å²) in [5.41, 5.74) is 4.93. The molecule has 3 rings (SSSR count). The standard InChI is InChI=1S/C23H25NO2/c1-23(2,3)18-10-7-16(8-11-18)9-14-22(26)24-19-12-13-20-17(15-19)5-4-6-21(20)25/h7-15H,4-6H2,1-3H3,(H,24,26). The Balaban J connectivity index is 1.65. The van der Waals surface area contributed by atoms with E-state index in [1.165, 1.54) is 11.6 Å². The molecule has 0 radical (unpaired) electrons. The molecule has 0 saturated carbocycles. The molecule has 0 atom stereocenters. The zero-order chi connectivity index (χ0) is 18.7. The van der Waals surface area contributed by atoms with Gasteiger partial charge in [0.2, 0.25) is 5.91 Å². The van der Waals surface area contributed by atoms with Crippen molar-refractivity contribution >= 4 is 23.5 Å². The van der Waals surface area contributed by atoms with E-state index >= 15 is 0 Å². The Kier molecular flexibility index (Phi) is 5.08. The van der Waals surface area contributed by atoms with Crippen molar-refractivity contribution in [3.63, 3.8) is 0 Å². The Hall–Kier alpha value is -2.68. The van der Waals surface area contributed by atoms with E-state index in [2.05, 4.69) is 38.2 Å². The van der Waals surface area contributed by atoms with Gasteiger partial charge in [-0.05, 0) is 59.2 Å². The Morgan fingerprint density at radius 3 is 2.46 bits per heavy atom. The second kappa shape index (κ2) is 7.28. The largest absolute Gasteiger partial charge is 0.323 e. The smallest absolute Gasteiger partial charge is 0.248 e. The van der Waals surface area contributed by atoms with E-state index in [-0.39, 0.29) is 17.1 Å². The Bertz CT molecular complexity index is 855. The second-order valence-electron chi connectivity index (χ2n) is 7.84. The van der Waals surface area contributed by atoms with Gasteiger partial charge < -0.3 is 5.32 Å². The number of rotatable bonds is 3. The maximum Gasteiger partial charge on any atom is 0.248 e. The van der Waals surface area contributed by atoms with Crippen molar-refractivity contribution in [2.24, 2.45) is 0 Å². The van der Waals surface area contributed by atoms with Crippen LogP contribution in [0.3, 0.4) is 0 Å². The summed E-state index contributed by atoms with van der Waals surface area (Å²) in [6.45, 7) is 6.53. The van der Waals surface area contributed by atoms with Gasteiger partial charge in [-0.2, -0.15) is 0 Å². The summed E-state index contributed by atoms with van der Waals surface area (Å²) in [5, 5.41) is 2.88. The molecule has 1 amide bonds. The molecule has 1 N–H and O–H groups in total. The first-order valence-corrected chi connectivity index (χ1v) is 9.09. The van der Waals surface area contributed by atoms with Crippen molar-refractivity contribution < 1.29 is 9.59 Å². The zero-order valence-electron chi connectivity index (χ0n) is 15.6. The van der Waals surface area contributed by atoms with Crippen LogP contribution in [0.15, 0.2) is 48.5 Å². The number of carbonyl (C=O) groups excluding carboxylic acids is 2. The van der Waals surface area contributed by atoms with Gasteiger partial charge in [0.25, 0.3) is 0 Å². The van der Waals surface area contributed by atoms with Crippen LogP contribution in [0.25, 0.3) is 6.08 Å². The normalized spacial score (nSPS) is 14.3. The minimum Gasteiger partial charge on any atom is -0.323 e. The molecule has 0 fully saturated rings. The lowest BCUT2D eigenvalue weighted by Crippen LogP contribution is -2.13. The molecule has 3 nitrogen and oxygen atoms in total. The van der Waals surface area contributed by atoms with E-state index in [1.807, 2.05) is 30.3 Å². The number of ketones is 1. The summed E-state index contributed by atoms with van der Waals surface area (Å²) in [7, 11) is 0. The van der Waals surface area contributed by atoms with Crippen LogP contribution in [0.4, 0.5) is 5.69 Å². The molecule has 3 heteroatoms. The lowest BCUT2D eigenvalue weighted by molar-refractivity contribution is -0.111. The number of hydrogen-bond donors (Lipinski definition) is 1. The highest BCUT2D eigenvalue weighted by Gasteiger charge is 2.17. The van der Waals surface area contributed by atoms with E-state index in [1.54, 1.807) is 6.07 Å². The van der Waals surface area contributed by atoms with E-state index in [0.717, 1.165) is 35.2 Å². The van der Waals surface area contributed by atoms with Crippen molar-refractivity contribution in [3.05, 3.63) is 70.8 Å². The molecular weight excluding hydrogens is 322 g/mol. The third kappa shape index (κ3) is 4.29. The molecule has 134 valence electrons. The fraction of sp³-hybridized carbons (Fsp3) is 0.304. The summed E-state index contributed by atoms with van der Waals surface area (Å²) >= 11 is 0. The van der Waals surface area contributed by atoms with Crippen molar-refractivity contribution in [3.8, 4) is 0 Å². The van der Waals surface area contributed by atoms with Gasteiger partial charge in [0.15, 0.2) is 5.78 Å². The monoisotopic (exact) mass is 347 g/mol. The lowest BCUT2D eigenvalue weighted by Gasteiger charge is -2.18. The van der Waals surface area contributed by atoms with Gasteiger partial charge in [-0.15, -0.1) is 0 Å². The maximum absolute atomic E-state index is 12.2. The van der Waals surface area contributed by atoms with Gasteiger partial charge in [0.1, 0.15) is 0 Å². The van der Waals surface area contributed by atoms with Crippen LogP contribution in [0.5, 0.6) is 0 Å². The molecule has 26 heavy (non-hydrogen) atoms. The Morgan fingerprint density at radius 1 is 1.04 bits per heavy atom. The summed E-state index contributed by atoms with van der Waals surface area (Å²) in [4.78, 5) is 24.0. The summed E-state index contributed by atoms with van der Waals surface area (Å²) in [5.74, 6) is 0.0229. The summed E-state index contributed by atoms with van der Waals surface area (Å²) < 4.78 is 0. The third-order valence-corrected chi connectivity index (χ3v) is 4.73. The molecule has 0 bridgehead atoms. The molecular formula is C23H25NO2. The maximum atomic E-state index is 12.2. The van der Waals surface area contributed by atoms with Crippen LogP contribution in [0, 0.1) is 0 Å². The van der Waals surface area contributed by atoms with E-state index in [9.17, 15) is 9.59 Å². The first-order chi connectivity index (χ1) is 12.3. The summed E-state index contributed by atoms with van der Waals surface area (Å²) in [6.07, 6.45) is 5.74. The topological polar surface area (TPSA) is 46.2 Å². The number of fused-ring (bicyclic) bond motifs is 1. The Morgan fingerprint density at radius 2 is 1.77 bits per heavy atom. The van der Waals surface area contributed by atoms with E-state index in [0.29, 0.717) is 6.42 Å². The third-order valence-electron chi connectivity index (χ3n) is 4.73. The molecule has 2 aromatic carbocycles.